The number of nitrogens with two attached hydrogens (primary N) is 1. The molecule has 5 heteroatoms. The summed E-state index contributed by atoms with van der Waals surface area (Å²) in [5, 5.41) is 0. The van der Waals surface area contributed by atoms with Gasteiger partial charge in [-0.1, -0.05) is 6.07 Å². The summed E-state index contributed by atoms with van der Waals surface area (Å²) in [6, 6.07) is 5.01. The Morgan fingerprint density at radius 1 is 1.57 bits per heavy atom. The van der Waals surface area contributed by atoms with Crippen LogP contribution in [-0.4, -0.2) is 17.7 Å². The molecule has 0 fully saturated rings. The van der Waals surface area contributed by atoms with Crippen LogP contribution in [0.3, 0.4) is 0 Å². The summed E-state index contributed by atoms with van der Waals surface area (Å²) < 4.78 is 10.3. The minimum Gasteiger partial charge on any atom is -0.481 e. The molecule has 1 rings (SSSR count). The number of alkyl halides is 1. The van der Waals surface area contributed by atoms with Crippen molar-refractivity contribution < 1.29 is 14.3 Å². The van der Waals surface area contributed by atoms with E-state index in [-0.39, 0.29) is 0 Å². The topological polar surface area (TPSA) is 61.5 Å². The number of para-hydroxylation sites is 1. The zero-order valence-corrected chi connectivity index (χ0v) is 9.78. The van der Waals surface area contributed by atoms with Crippen LogP contribution in [0.2, 0.25) is 0 Å². The van der Waals surface area contributed by atoms with E-state index < -0.39 is 5.97 Å². The molecule has 0 aliphatic rings. The summed E-state index contributed by atoms with van der Waals surface area (Å²) in [6.07, 6.45) is 0. The minimum absolute atomic E-state index is 0.316. The van der Waals surface area contributed by atoms with Crippen LogP contribution in [0.5, 0.6) is 5.75 Å². The molecule has 0 bridgehead atoms. The van der Waals surface area contributed by atoms with Crippen molar-refractivity contribution >= 4 is 34.2 Å². The van der Waals surface area contributed by atoms with Crippen molar-refractivity contribution in [2.75, 3.05) is 17.5 Å². The average Bonchev–Trinajstić information content (AvgIpc) is 2.20. The molecule has 0 atom stereocenters. The molecule has 0 aromatic heterocycles. The zero-order valence-electron chi connectivity index (χ0n) is 7.62. The Balaban J connectivity index is 3.07. The molecule has 0 saturated heterocycles. The summed E-state index contributed by atoms with van der Waals surface area (Å²) in [5.74, 6) is 0.0451. The molecule has 0 unspecified atom stereocenters. The number of ether oxygens (including phenoxy) is 2. The predicted octanol–water partition coefficient (Wildman–Crippen LogP) is 1.83. The molecule has 0 aliphatic heterocycles. The van der Waals surface area contributed by atoms with Crippen molar-refractivity contribution in [3.8, 4) is 5.75 Å². The quantitative estimate of drug-likeness (QED) is 0.400. The van der Waals surface area contributed by atoms with Crippen LogP contribution >= 0.6 is 22.6 Å². The lowest BCUT2D eigenvalue weighted by Crippen LogP contribution is -2.07. The van der Waals surface area contributed by atoms with Crippen molar-refractivity contribution in [3.05, 3.63) is 23.8 Å². The standard InChI is InChI=1S/C9H10INO3/c1-13-9(12)6-3-2-4-7(8(6)11)14-5-10/h2-4H,5,11H2,1H3. The van der Waals surface area contributed by atoms with E-state index in [1.54, 1.807) is 18.2 Å². The van der Waals surface area contributed by atoms with Crippen molar-refractivity contribution in [1.29, 1.82) is 0 Å². The van der Waals surface area contributed by atoms with Crippen LogP contribution in [0.4, 0.5) is 5.69 Å². The molecule has 14 heavy (non-hydrogen) atoms. The molecular formula is C9H10INO3. The van der Waals surface area contributed by atoms with Crippen molar-refractivity contribution in [2.45, 2.75) is 0 Å². The number of anilines is 1. The third kappa shape index (κ3) is 2.28. The van der Waals surface area contributed by atoms with Gasteiger partial charge in [0.05, 0.1) is 18.4 Å². The first-order valence-electron chi connectivity index (χ1n) is 3.86. The number of esters is 1. The Morgan fingerprint density at radius 2 is 2.29 bits per heavy atom. The van der Waals surface area contributed by atoms with Gasteiger partial charge in [-0.3, -0.25) is 0 Å². The monoisotopic (exact) mass is 307 g/mol. The Hall–Kier alpha value is -0.980. The third-order valence-corrected chi connectivity index (χ3v) is 1.99. The van der Waals surface area contributed by atoms with Gasteiger partial charge in [0.2, 0.25) is 0 Å². The van der Waals surface area contributed by atoms with Gasteiger partial charge in [0, 0.05) is 0 Å². The van der Waals surface area contributed by atoms with E-state index >= 15 is 0 Å². The summed E-state index contributed by atoms with van der Waals surface area (Å²) in [4.78, 5) is 11.2. The molecule has 2 N–H and O–H groups in total. The maximum Gasteiger partial charge on any atom is 0.340 e. The number of carbonyl (C=O) groups excluding carboxylic acids is 1. The summed E-state index contributed by atoms with van der Waals surface area (Å²) in [7, 11) is 1.31. The van der Waals surface area contributed by atoms with Crippen molar-refractivity contribution in [2.24, 2.45) is 0 Å². The van der Waals surface area contributed by atoms with Gasteiger partial charge in [-0.15, -0.1) is 0 Å². The number of hydrogen-bond donors (Lipinski definition) is 1. The van der Waals surface area contributed by atoms with Gasteiger partial charge in [0.1, 0.15) is 10.4 Å². The lowest BCUT2D eigenvalue weighted by atomic mass is 10.1. The molecule has 1 aromatic rings. The summed E-state index contributed by atoms with van der Waals surface area (Å²) >= 11 is 2.05. The van der Waals surface area contributed by atoms with E-state index in [0.717, 1.165) is 0 Å². The molecule has 0 spiro atoms. The fourth-order valence-electron chi connectivity index (χ4n) is 1.02. The number of nitrogen functional groups attached to an aromatic ring is 1. The third-order valence-electron chi connectivity index (χ3n) is 1.68. The predicted molar refractivity (Wildman–Crippen MR) is 61.7 cm³/mol. The molecule has 0 radical (unpaired) electrons. The number of hydrogen-bond acceptors (Lipinski definition) is 4. The first kappa shape index (κ1) is 11.1. The molecule has 4 nitrogen and oxygen atoms in total. The highest BCUT2D eigenvalue weighted by Crippen LogP contribution is 2.25. The smallest absolute Gasteiger partial charge is 0.340 e. The Morgan fingerprint density at radius 3 is 2.86 bits per heavy atom. The molecule has 0 heterocycles. The van der Waals surface area contributed by atoms with E-state index in [9.17, 15) is 4.79 Å². The second-order valence-corrected chi connectivity index (χ2v) is 3.09. The van der Waals surface area contributed by atoms with Gasteiger partial charge < -0.3 is 15.2 Å². The van der Waals surface area contributed by atoms with E-state index in [1.165, 1.54) is 7.11 Å². The zero-order chi connectivity index (χ0) is 10.6. The fourth-order valence-corrected chi connectivity index (χ4v) is 1.35. The number of carbonyl (C=O) groups is 1. The van der Waals surface area contributed by atoms with Crippen LogP contribution in [0.1, 0.15) is 10.4 Å². The fraction of sp³-hybridized carbons (Fsp3) is 0.222. The maximum atomic E-state index is 11.2. The number of benzene rings is 1. The SMILES string of the molecule is COC(=O)c1cccc(OCI)c1N. The number of methoxy groups -OCH3 is 1. The Kier molecular flexibility index (Phi) is 3.99. The molecule has 0 saturated carbocycles. The average molecular weight is 307 g/mol. The highest BCUT2D eigenvalue weighted by molar-refractivity contribution is 14.1. The summed E-state index contributed by atoms with van der Waals surface area (Å²) in [5.41, 5.74) is 6.36. The van der Waals surface area contributed by atoms with Gasteiger partial charge in [-0.2, -0.15) is 0 Å². The molecule has 0 amide bonds. The van der Waals surface area contributed by atoms with Crippen LogP contribution < -0.4 is 10.5 Å². The Labute approximate surface area is 95.5 Å². The maximum absolute atomic E-state index is 11.2. The van der Waals surface area contributed by atoms with Crippen molar-refractivity contribution in [3.63, 3.8) is 0 Å². The second kappa shape index (κ2) is 5.04. The second-order valence-electron chi connectivity index (χ2n) is 2.46. The van der Waals surface area contributed by atoms with Crippen LogP contribution in [-0.2, 0) is 4.74 Å². The van der Waals surface area contributed by atoms with E-state index in [0.29, 0.717) is 21.6 Å². The van der Waals surface area contributed by atoms with Gasteiger partial charge in [-0.25, -0.2) is 4.79 Å². The largest absolute Gasteiger partial charge is 0.481 e. The highest BCUT2D eigenvalue weighted by Gasteiger charge is 2.12. The summed E-state index contributed by atoms with van der Waals surface area (Å²) in [6.45, 7) is 0. The van der Waals surface area contributed by atoms with Crippen LogP contribution in [0.25, 0.3) is 0 Å². The van der Waals surface area contributed by atoms with Gasteiger partial charge in [0.15, 0.2) is 0 Å². The van der Waals surface area contributed by atoms with Gasteiger partial charge in [-0.05, 0) is 34.7 Å². The van der Waals surface area contributed by atoms with Gasteiger partial charge >= 0.3 is 5.97 Å². The normalized spacial score (nSPS) is 9.57. The first-order valence-corrected chi connectivity index (χ1v) is 5.38. The van der Waals surface area contributed by atoms with E-state index in [1.807, 2.05) is 0 Å². The highest BCUT2D eigenvalue weighted by atomic mass is 127. The molecule has 1 aromatic carbocycles. The number of halogens is 1. The van der Waals surface area contributed by atoms with E-state index in [4.69, 9.17) is 10.5 Å². The molecular weight excluding hydrogens is 297 g/mol. The van der Waals surface area contributed by atoms with Gasteiger partial charge in [0.25, 0.3) is 0 Å². The first-order chi connectivity index (χ1) is 6.70. The number of rotatable bonds is 3. The lowest BCUT2D eigenvalue weighted by Gasteiger charge is -2.08. The molecule has 0 aliphatic carbocycles. The van der Waals surface area contributed by atoms with E-state index in [2.05, 4.69) is 27.3 Å². The van der Waals surface area contributed by atoms with Crippen LogP contribution in [0.15, 0.2) is 18.2 Å². The lowest BCUT2D eigenvalue weighted by molar-refractivity contribution is 0.0601. The molecule has 76 valence electrons. The minimum atomic E-state index is -0.457. The van der Waals surface area contributed by atoms with Crippen molar-refractivity contribution in [1.82, 2.24) is 0 Å². The Bertz CT molecular complexity index is 341. The van der Waals surface area contributed by atoms with Crippen LogP contribution in [0, 0.1) is 0 Å².